The van der Waals surface area contributed by atoms with Crippen LogP contribution in [0, 0.1) is 0 Å². The van der Waals surface area contributed by atoms with Gasteiger partial charge >= 0.3 is 0 Å². The summed E-state index contributed by atoms with van der Waals surface area (Å²) in [5, 5.41) is 10.2. The van der Waals surface area contributed by atoms with Gasteiger partial charge in [-0.15, -0.1) is 0 Å². The number of rotatable bonds is 7. The van der Waals surface area contributed by atoms with Gasteiger partial charge in [-0.1, -0.05) is 6.58 Å². The summed E-state index contributed by atoms with van der Waals surface area (Å²) in [6, 6.07) is 0. The lowest BCUT2D eigenvalue weighted by molar-refractivity contribution is -0.156. The third-order valence-electron chi connectivity index (χ3n) is 2.70. The van der Waals surface area contributed by atoms with Gasteiger partial charge in [-0.05, 0) is 27.7 Å². The van der Waals surface area contributed by atoms with Crippen LogP contribution >= 0.6 is 0 Å². The van der Waals surface area contributed by atoms with Crippen LogP contribution in [0.2, 0.25) is 0 Å². The molecule has 0 aliphatic carbocycles. The van der Waals surface area contributed by atoms with Gasteiger partial charge in [0.1, 0.15) is 12.2 Å². The van der Waals surface area contributed by atoms with Gasteiger partial charge in [-0.3, -0.25) is 0 Å². The van der Waals surface area contributed by atoms with Gasteiger partial charge in [0, 0.05) is 18.8 Å². The molecule has 0 bridgehead atoms. The molecule has 1 saturated heterocycles. The molecule has 2 atom stereocenters. The predicted molar refractivity (Wildman–Crippen MR) is 67.1 cm³/mol. The summed E-state index contributed by atoms with van der Waals surface area (Å²) in [6.07, 6.45) is -1.91. The molecule has 5 nitrogen and oxygen atoms in total. The van der Waals surface area contributed by atoms with Crippen molar-refractivity contribution in [2.75, 3.05) is 19.8 Å². The Bertz CT molecular complexity index is 271. The van der Waals surface area contributed by atoms with Crippen molar-refractivity contribution in [1.82, 2.24) is 0 Å². The molecule has 0 spiro atoms. The van der Waals surface area contributed by atoms with E-state index in [0.717, 1.165) is 0 Å². The van der Waals surface area contributed by atoms with Crippen LogP contribution in [0.1, 0.15) is 27.7 Å². The Morgan fingerprint density at radius 1 is 1.39 bits per heavy atom. The van der Waals surface area contributed by atoms with E-state index in [4.69, 9.17) is 18.9 Å². The summed E-state index contributed by atoms with van der Waals surface area (Å²) in [7, 11) is 0. The summed E-state index contributed by atoms with van der Waals surface area (Å²) in [5.74, 6) is -0.668. The Morgan fingerprint density at radius 3 is 2.33 bits per heavy atom. The third-order valence-corrected chi connectivity index (χ3v) is 2.70. The second-order valence-corrected chi connectivity index (χ2v) is 4.63. The number of hydrogen-bond acceptors (Lipinski definition) is 5. The molecule has 5 heteroatoms. The Hall–Kier alpha value is -0.460. The maximum atomic E-state index is 10.2. The van der Waals surface area contributed by atoms with Gasteiger partial charge in [0.15, 0.2) is 12.1 Å². The van der Waals surface area contributed by atoms with Gasteiger partial charge in [0.2, 0.25) is 0 Å². The number of ether oxygens (including phenoxy) is 4. The Labute approximate surface area is 109 Å². The SMILES string of the molecule is C=C(C(OCC)OCC)[C@@H](O)C1COC(C)(C)O1. The Balaban J connectivity index is 2.59. The molecular formula is C13H24O5. The van der Waals surface area contributed by atoms with Crippen molar-refractivity contribution < 1.29 is 24.1 Å². The molecule has 1 N–H and O–H groups in total. The molecule has 1 aliphatic heterocycles. The number of aliphatic hydroxyl groups excluding tert-OH is 1. The first-order valence-electron chi connectivity index (χ1n) is 6.33. The third kappa shape index (κ3) is 4.03. The first-order chi connectivity index (χ1) is 8.41. The van der Waals surface area contributed by atoms with Crippen molar-refractivity contribution in [2.24, 2.45) is 0 Å². The molecular weight excluding hydrogens is 236 g/mol. The fourth-order valence-corrected chi connectivity index (χ4v) is 1.81. The van der Waals surface area contributed by atoms with Gasteiger partial charge in [-0.2, -0.15) is 0 Å². The van der Waals surface area contributed by atoms with Crippen LogP contribution in [0.15, 0.2) is 12.2 Å². The topological polar surface area (TPSA) is 57.2 Å². The van der Waals surface area contributed by atoms with Crippen molar-refractivity contribution >= 4 is 0 Å². The molecule has 1 fully saturated rings. The highest BCUT2D eigenvalue weighted by molar-refractivity contribution is 5.09. The first-order valence-corrected chi connectivity index (χ1v) is 6.33. The van der Waals surface area contributed by atoms with Gasteiger partial charge < -0.3 is 24.1 Å². The standard InChI is InChI=1S/C13H24O5/c1-6-15-12(16-7-2)9(3)11(14)10-8-17-13(4,5)18-10/h10-12,14H,3,6-8H2,1-2,4-5H3/t10?,11-/m1/s1. The molecule has 0 radical (unpaired) electrons. The lowest BCUT2D eigenvalue weighted by Crippen LogP contribution is -2.37. The first kappa shape index (κ1) is 15.6. The van der Waals surface area contributed by atoms with E-state index in [1.807, 2.05) is 27.7 Å². The van der Waals surface area contributed by atoms with Crippen LogP contribution in [0.4, 0.5) is 0 Å². The highest BCUT2D eigenvalue weighted by Crippen LogP contribution is 2.27. The molecule has 0 aromatic rings. The maximum absolute atomic E-state index is 10.2. The summed E-state index contributed by atoms with van der Waals surface area (Å²) < 4.78 is 21.8. The van der Waals surface area contributed by atoms with Crippen LogP contribution < -0.4 is 0 Å². The predicted octanol–water partition coefficient (Wildman–Crippen LogP) is 1.45. The largest absolute Gasteiger partial charge is 0.386 e. The van der Waals surface area contributed by atoms with E-state index < -0.39 is 24.3 Å². The highest BCUT2D eigenvalue weighted by atomic mass is 16.7. The molecule has 1 aliphatic rings. The minimum Gasteiger partial charge on any atom is -0.386 e. The second kappa shape index (κ2) is 6.63. The maximum Gasteiger partial charge on any atom is 0.182 e. The summed E-state index contributed by atoms with van der Waals surface area (Å²) in [4.78, 5) is 0. The molecule has 0 aromatic carbocycles. The molecule has 1 heterocycles. The molecule has 0 aromatic heterocycles. The lowest BCUT2D eigenvalue weighted by atomic mass is 10.1. The molecule has 0 amide bonds. The summed E-state index contributed by atoms with van der Waals surface area (Å²) in [5.41, 5.74) is 0.463. The normalized spacial score (nSPS) is 24.4. The van der Waals surface area contributed by atoms with E-state index in [2.05, 4.69) is 6.58 Å². The van der Waals surface area contributed by atoms with Crippen molar-refractivity contribution in [3.05, 3.63) is 12.2 Å². The number of aliphatic hydroxyl groups is 1. The van der Waals surface area contributed by atoms with Crippen molar-refractivity contribution in [3.63, 3.8) is 0 Å². The van der Waals surface area contributed by atoms with Crippen LogP contribution in [-0.4, -0.2) is 49.2 Å². The minimum absolute atomic E-state index is 0.332. The molecule has 1 rings (SSSR count). The quantitative estimate of drug-likeness (QED) is 0.554. The van der Waals surface area contributed by atoms with Crippen LogP contribution in [0.5, 0.6) is 0 Å². The zero-order chi connectivity index (χ0) is 13.8. The Morgan fingerprint density at radius 2 is 1.94 bits per heavy atom. The Kier molecular flexibility index (Phi) is 5.75. The fraction of sp³-hybridized carbons (Fsp3) is 0.846. The van der Waals surface area contributed by atoms with Gasteiger partial charge in [0.25, 0.3) is 0 Å². The molecule has 106 valence electrons. The van der Waals surface area contributed by atoms with Crippen molar-refractivity contribution in [2.45, 2.75) is 52.0 Å². The fourth-order valence-electron chi connectivity index (χ4n) is 1.81. The average Bonchev–Trinajstić information content (AvgIpc) is 2.67. The molecule has 18 heavy (non-hydrogen) atoms. The zero-order valence-electron chi connectivity index (χ0n) is 11.6. The molecule has 1 unspecified atom stereocenters. The van der Waals surface area contributed by atoms with Crippen molar-refractivity contribution in [1.29, 1.82) is 0 Å². The lowest BCUT2D eigenvalue weighted by Gasteiger charge is -2.26. The zero-order valence-corrected chi connectivity index (χ0v) is 11.6. The average molecular weight is 260 g/mol. The summed E-state index contributed by atoms with van der Waals surface area (Å²) in [6.45, 7) is 12.5. The second-order valence-electron chi connectivity index (χ2n) is 4.63. The molecule has 0 saturated carbocycles. The number of hydrogen-bond donors (Lipinski definition) is 1. The minimum atomic E-state index is -0.866. The smallest absolute Gasteiger partial charge is 0.182 e. The summed E-state index contributed by atoms with van der Waals surface area (Å²) >= 11 is 0. The highest BCUT2D eigenvalue weighted by Gasteiger charge is 2.39. The van der Waals surface area contributed by atoms with E-state index in [1.54, 1.807) is 0 Å². The van der Waals surface area contributed by atoms with Crippen molar-refractivity contribution in [3.8, 4) is 0 Å². The van der Waals surface area contributed by atoms with E-state index in [9.17, 15) is 5.11 Å². The van der Waals surface area contributed by atoms with E-state index in [-0.39, 0.29) is 0 Å². The van der Waals surface area contributed by atoms with E-state index in [1.165, 1.54) is 0 Å². The van der Waals surface area contributed by atoms with Gasteiger partial charge in [-0.25, -0.2) is 0 Å². The van der Waals surface area contributed by atoms with Crippen LogP contribution in [0.3, 0.4) is 0 Å². The van der Waals surface area contributed by atoms with Crippen LogP contribution in [0.25, 0.3) is 0 Å². The van der Waals surface area contributed by atoms with Crippen LogP contribution in [-0.2, 0) is 18.9 Å². The van der Waals surface area contributed by atoms with E-state index in [0.29, 0.717) is 25.4 Å². The van der Waals surface area contributed by atoms with Gasteiger partial charge in [0.05, 0.1) is 6.61 Å². The van der Waals surface area contributed by atoms with E-state index >= 15 is 0 Å². The monoisotopic (exact) mass is 260 g/mol.